The van der Waals surface area contributed by atoms with E-state index in [-0.39, 0.29) is 11.8 Å². The highest BCUT2D eigenvalue weighted by atomic mass is 19.1. The molecule has 3 rings (SSSR count). The number of nitrogens with one attached hydrogen (secondary N) is 2. The maximum Gasteiger partial charge on any atom is 0.255 e. The topological polar surface area (TPSA) is 76.2 Å². The number of halogens is 1. The molecule has 1 atom stereocenters. The molecule has 7 heteroatoms. The molecular weight excluding hydrogens is 325 g/mol. The molecule has 1 saturated heterocycles. The van der Waals surface area contributed by atoms with E-state index in [1.807, 2.05) is 0 Å². The molecule has 0 radical (unpaired) electrons. The minimum atomic E-state index is -0.541. The molecule has 1 aromatic heterocycles. The lowest BCUT2D eigenvalue weighted by Gasteiger charge is -2.22. The standard InChI is InChI=1S/C18H22FN3O3/c1-11(16-14(19)4-3-5-15(16)24-2)21-18(23)13-10-20-22-17(13)12-6-8-25-9-7-12/h3-5,10-12H,6-9H2,1-2H3,(H,20,22)(H,21,23). The Hall–Kier alpha value is -2.41. The first-order chi connectivity index (χ1) is 12.1. The quantitative estimate of drug-likeness (QED) is 0.872. The Labute approximate surface area is 145 Å². The second kappa shape index (κ2) is 7.65. The van der Waals surface area contributed by atoms with E-state index in [4.69, 9.17) is 9.47 Å². The average molecular weight is 347 g/mol. The van der Waals surface area contributed by atoms with Gasteiger partial charge in [-0.2, -0.15) is 5.10 Å². The summed E-state index contributed by atoms with van der Waals surface area (Å²) in [5.41, 5.74) is 1.64. The predicted molar refractivity (Wildman–Crippen MR) is 90.2 cm³/mol. The third-order valence-electron chi connectivity index (χ3n) is 4.56. The van der Waals surface area contributed by atoms with E-state index >= 15 is 0 Å². The number of hydrogen-bond donors (Lipinski definition) is 2. The van der Waals surface area contributed by atoms with Gasteiger partial charge in [-0.1, -0.05) is 6.07 Å². The van der Waals surface area contributed by atoms with Gasteiger partial charge >= 0.3 is 0 Å². The van der Waals surface area contributed by atoms with Crippen molar-refractivity contribution in [1.29, 1.82) is 0 Å². The Balaban J connectivity index is 1.78. The molecule has 1 aliphatic heterocycles. The van der Waals surface area contributed by atoms with Crippen molar-refractivity contribution >= 4 is 5.91 Å². The first kappa shape index (κ1) is 17.4. The number of benzene rings is 1. The second-order valence-corrected chi connectivity index (χ2v) is 6.13. The molecule has 1 unspecified atom stereocenters. The Kier molecular flexibility index (Phi) is 5.33. The van der Waals surface area contributed by atoms with Gasteiger partial charge in [-0.3, -0.25) is 9.89 Å². The molecular formula is C18H22FN3O3. The van der Waals surface area contributed by atoms with Gasteiger partial charge in [-0.25, -0.2) is 4.39 Å². The second-order valence-electron chi connectivity index (χ2n) is 6.13. The fraction of sp³-hybridized carbons (Fsp3) is 0.444. The highest BCUT2D eigenvalue weighted by molar-refractivity contribution is 5.95. The largest absolute Gasteiger partial charge is 0.496 e. The summed E-state index contributed by atoms with van der Waals surface area (Å²) in [7, 11) is 1.48. The summed E-state index contributed by atoms with van der Waals surface area (Å²) in [6.45, 7) is 3.08. The summed E-state index contributed by atoms with van der Waals surface area (Å²) in [5.74, 6) is -0.0722. The van der Waals surface area contributed by atoms with Gasteiger partial charge in [0.1, 0.15) is 11.6 Å². The molecule has 1 aliphatic rings. The number of aromatic nitrogens is 2. The Morgan fingerprint density at radius 3 is 2.92 bits per heavy atom. The molecule has 134 valence electrons. The number of amides is 1. The Morgan fingerprint density at radius 1 is 1.44 bits per heavy atom. The molecule has 25 heavy (non-hydrogen) atoms. The summed E-state index contributed by atoms with van der Waals surface area (Å²) < 4.78 is 24.8. The SMILES string of the molecule is COc1cccc(F)c1C(C)NC(=O)c1cn[nH]c1C1CCOCC1. The van der Waals surface area contributed by atoms with E-state index in [0.717, 1.165) is 18.5 Å². The van der Waals surface area contributed by atoms with Crippen LogP contribution in [0.25, 0.3) is 0 Å². The van der Waals surface area contributed by atoms with E-state index in [1.165, 1.54) is 19.4 Å². The van der Waals surface area contributed by atoms with E-state index in [2.05, 4.69) is 15.5 Å². The maximum atomic E-state index is 14.2. The third-order valence-corrected chi connectivity index (χ3v) is 4.56. The zero-order chi connectivity index (χ0) is 17.8. The minimum absolute atomic E-state index is 0.218. The fourth-order valence-corrected chi connectivity index (χ4v) is 3.24. The summed E-state index contributed by atoms with van der Waals surface area (Å²) in [5, 5.41) is 9.81. The smallest absolute Gasteiger partial charge is 0.255 e. The summed E-state index contributed by atoms with van der Waals surface area (Å²) >= 11 is 0. The lowest BCUT2D eigenvalue weighted by atomic mass is 9.93. The van der Waals surface area contributed by atoms with E-state index in [0.29, 0.717) is 30.1 Å². The van der Waals surface area contributed by atoms with Crippen molar-refractivity contribution in [3.8, 4) is 5.75 Å². The van der Waals surface area contributed by atoms with Crippen LogP contribution >= 0.6 is 0 Å². The lowest BCUT2D eigenvalue weighted by molar-refractivity contribution is 0.0832. The van der Waals surface area contributed by atoms with Gasteiger partial charge in [-0.05, 0) is 31.9 Å². The maximum absolute atomic E-state index is 14.2. The zero-order valence-electron chi connectivity index (χ0n) is 14.3. The van der Waals surface area contributed by atoms with Crippen molar-refractivity contribution in [2.24, 2.45) is 0 Å². The molecule has 2 aromatic rings. The van der Waals surface area contributed by atoms with Gasteiger partial charge in [0.25, 0.3) is 5.91 Å². The van der Waals surface area contributed by atoms with Crippen molar-refractivity contribution in [2.75, 3.05) is 20.3 Å². The summed E-state index contributed by atoms with van der Waals surface area (Å²) in [6.07, 6.45) is 3.21. The van der Waals surface area contributed by atoms with Crippen LogP contribution in [0.1, 0.15) is 53.3 Å². The number of rotatable bonds is 5. The van der Waals surface area contributed by atoms with Crippen molar-refractivity contribution in [1.82, 2.24) is 15.5 Å². The minimum Gasteiger partial charge on any atom is -0.496 e. The van der Waals surface area contributed by atoms with Gasteiger partial charge < -0.3 is 14.8 Å². The first-order valence-corrected chi connectivity index (χ1v) is 8.36. The lowest BCUT2D eigenvalue weighted by Crippen LogP contribution is -2.29. The molecule has 1 fully saturated rings. The van der Waals surface area contributed by atoms with E-state index in [1.54, 1.807) is 19.1 Å². The van der Waals surface area contributed by atoms with Crippen LogP contribution in [0.15, 0.2) is 24.4 Å². The first-order valence-electron chi connectivity index (χ1n) is 8.36. The molecule has 1 aromatic carbocycles. The third kappa shape index (κ3) is 3.66. The van der Waals surface area contributed by atoms with E-state index in [9.17, 15) is 9.18 Å². The number of carbonyl (C=O) groups excluding carboxylic acids is 1. The molecule has 6 nitrogen and oxygen atoms in total. The van der Waals surface area contributed by atoms with Crippen LogP contribution in [-0.2, 0) is 4.74 Å². The molecule has 0 aliphatic carbocycles. The van der Waals surface area contributed by atoms with Gasteiger partial charge in [0, 0.05) is 19.1 Å². The highest BCUT2D eigenvalue weighted by Crippen LogP contribution is 2.30. The fourth-order valence-electron chi connectivity index (χ4n) is 3.24. The highest BCUT2D eigenvalue weighted by Gasteiger charge is 2.25. The predicted octanol–water partition coefficient (Wildman–Crippen LogP) is 2.94. The van der Waals surface area contributed by atoms with Crippen molar-refractivity contribution in [3.05, 3.63) is 47.0 Å². The van der Waals surface area contributed by atoms with Crippen LogP contribution in [0.4, 0.5) is 4.39 Å². The Morgan fingerprint density at radius 2 is 2.20 bits per heavy atom. The summed E-state index contributed by atoms with van der Waals surface area (Å²) in [6, 6.07) is 4.06. The average Bonchev–Trinajstić information content (AvgIpc) is 3.12. The van der Waals surface area contributed by atoms with Crippen LogP contribution in [0.3, 0.4) is 0 Å². The summed E-state index contributed by atoms with van der Waals surface area (Å²) in [4.78, 5) is 12.7. The number of nitrogens with zero attached hydrogens (tertiary/aromatic N) is 1. The number of methoxy groups -OCH3 is 1. The molecule has 2 heterocycles. The van der Waals surface area contributed by atoms with Crippen LogP contribution in [0.5, 0.6) is 5.75 Å². The van der Waals surface area contributed by atoms with Crippen molar-refractivity contribution in [3.63, 3.8) is 0 Å². The van der Waals surface area contributed by atoms with Gasteiger partial charge in [0.15, 0.2) is 0 Å². The van der Waals surface area contributed by atoms with Gasteiger partial charge in [-0.15, -0.1) is 0 Å². The number of hydrogen-bond acceptors (Lipinski definition) is 4. The number of ether oxygens (including phenoxy) is 2. The number of carbonyl (C=O) groups is 1. The zero-order valence-corrected chi connectivity index (χ0v) is 14.3. The van der Waals surface area contributed by atoms with Gasteiger partial charge in [0.2, 0.25) is 0 Å². The number of aromatic amines is 1. The molecule has 0 spiro atoms. The Bertz CT molecular complexity index is 741. The van der Waals surface area contributed by atoms with Crippen LogP contribution in [0.2, 0.25) is 0 Å². The van der Waals surface area contributed by atoms with E-state index < -0.39 is 11.9 Å². The van der Waals surface area contributed by atoms with Crippen LogP contribution in [0, 0.1) is 5.82 Å². The molecule has 2 N–H and O–H groups in total. The van der Waals surface area contributed by atoms with Crippen molar-refractivity contribution in [2.45, 2.75) is 31.7 Å². The van der Waals surface area contributed by atoms with Crippen LogP contribution in [-0.4, -0.2) is 36.4 Å². The van der Waals surface area contributed by atoms with Gasteiger partial charge in [0.05, 0.1) is 36.2 Å². The molecule has 0 bridgehead atoms. The van der Waals surface area contributed by atoms with Crippen molar-refractivity contribution < 1.29 is 18.7 Å². The van der Waals surface area contributed by atoms with Crippen LogP contribution < -0.4 is 10.1 Å². The molecule has 0 saturated carbocycles. The monoisotopic (exact) mass is 347 g/mol. The normalized spacial score (nSPS) is 16.4. The molecule has 1 amide bonds. The number of H-pyrrole nitrogens is 1.